The fraction of sp³-hybridized carbons (Fsp3) is 0.300. The number of amides is 1. The first-order chi connectivity index (χ1) is 13.4. The minimum atomic E-state index is -0.656. The van der Waals surface area contributed by atoms with Crippen molar-refractivity contribution >= 4 is 28.9 Å². The van der Waals surface area contributed by atoms with Crippen molar-refractivity contribution in [2.75, 3.05) is 17.7 Å². The van der Waals surface area contributed by atoms with Gasteiger partial charge in [-0.15, -0.1) is 0 Å². The molecule has 1 saturated carbocycles. The van der Waals surface area contributed by atoms with Gasteiger partial charge in [0.05, 0.1) is 17.6 Å². The first-order valence-electron chi connectivity index (χ1n) is 8.93. The minimum Gasteiger partial charge on any atom is -0.465 e. The second-order valence-electron chi connectivity index (χ2n) is 6.73. The van der Waals surface area contributed by atoms with E-state index >= 15 is 0 Å². The van der Waals surface area contributed by atoms with Crippen LogP contribution in [0.1, 0.15) is 41.7 Å². The molecule has 0 saturated heterocycles. The van der Waals surface area contributed by atoms with Crippen LogP contribution >= 0.6 is 0 Å². The van der Waals surface area contributed by atoms with Crippen LogP contribution in [0.15, 0.2) is 42.5 Å². The largest absolute Gasteiger partial charge is 0.465 e. The lowest BCUT2D eigenvalue weighted by molar-refractivity contribution is -0.384. The number of nitrogens with zero attached hydrogens (tertiary/aromatic N) is 1. The first-order valence-corrected chi connectivity index (χ1v) is 8.93. The number of carbonyl (C=O) groups is 2. The normalized spacial score (nSPS) is 14.1. The molecule has 8 nitrogen and oxygen atoms in total. The highest BCUT2D eigenvalue weighted by molar-refractivity contribution is 5.96. The van der Waals surface area contributed by atoms with Crippen LogP contribution in [0.2, 0.25) is 0 Å². The van der Waals surface area contributed by atoms with Crippen molar-refractivity contribution in [2.24, 2.45) is 5.92 Å². The third-order valence-corrected chi connectivity index (χ3v) is 4.62. The number of anilines is 2. The van der Waals surface area contributed by atoms with E-state index in [1.807, 2.05) is 31.2 Å². The number of nitro benzene ring substituents is 1. The van der Waals surface area contributed by atoms with E-state index in [4.69, 9.17) is 4.74 Å². The lowest BCUT2D eigenvalue weighted by Crippen LogP contribution is -2.14. The van der Waals surface area contributed by atoms with Crippen LogP contribution in [0, 0.1) is 16.0 Å². The summed E-state index contributed by atoms with van der Waals surface area (Å²) in [5, 5.41) is 17.0. The number of nitrogens with one attached hydrogen (secondary N) is 2. The van der Waals surface area contributed by atoms with Crippen LogP contribution in [-0.4, -0.2) is 23.9 Å². The van der Waals surface area contributed by atoms with Gasteiger partial charge >= 0.3 is 5.97 Å². The molecule has 2 N–H and O–H groups in total. The van der Waals surface area contributed by atoms with Gasteiger partial charge in [-0.2, -0.15) is 0 Å². The van der Waals surface area contributed by atoms with Crippen molar-refractivity contribution in [3.05, 3.63) is 63.7 Å². The number of hydrogen-bond acceptors (Lipinski definition) is 6. The zero-order valence-electron chi connectivity index (χ0n) is 15.6. The highest BCUT2D eigenvalue weighted by Gasteiger charge is 2.29. The molecule has 1 unspecified atom stereocenters. The fourth-order valence-electron chi connectivity index (χ4n) is 2.81. The summed E-state index contributed by atoms with van der Waals surface area (Å²) in [5.41, 5.74) is 2.01. The van der Waals surface area contributed by atoms with E-state index in [9.17, 15) is 19.7 Å². The first kappa shape index (κ1) is 19.3. The van der Waals surface area contributed by atoms with Gasteiger partial charge in [0.25, 0.3) is 5.69 Å². The molecule has 0 bridgehead atoms. The molecule has 8 heteroatoms. The van der Waals surface area contributed by atoms with Gasteiger partial charge in [0.1, 0.15) is 0 Å². The number of hydrogen-bond donors (Lipinski definition) is 2. The third-order valence-electron chi connectivity index (χ3n) is 4.62. The maximum atomic E-state index is 12.0. The van der Waals surface area contributed by atoms with E-state index in [0.717, 1.165) is 24.1 Å². The summed E-state index contributed by atoms with van der Waals surface area (Å²) in [6, 6.07) is 11.2. The fourth-order valence-corrected chi connectivity index (χ4v) is 2.81. The summed E-state index contributed by atoms with van der Waals surface area (Å²) in [6.07, 6.45) is 1.89. The van der Waals surface area contributed by atoms with Crippen molar-refractivity contribution in [2.45, 2.75) is 25.8 Å². The minimum absolute atomic E-state index is 0.0486. The van der Waals surface area contributed by atoms with Gasteiger partial charge in [-0.25, -0.2) is 4.79 Å². The molecule has 0 aliphatic heterocycles. The van der Waals surface area contributed by atoms with E-state index < -0.39 is 10.9 Å². The van der Waals surface area contributed by atoms with Crippen molar-refractivity contribution in [1.29, 1.82) is 0 Å². The maximum Gasteiger partial charge on any atom is 0.340 e. The third kappa shape index (κ3) is 4.46. The maximum absolute atomic E-state index is 12.0. The van der Waals surface area contributed by atoms with Crippen LogP contribution in [-0.2, 0) is 9.53 Å². The molecule has 1 amide bonds. The number of ether oxygens (including phenoxy) is 1. The number of rotatable bonds is 7. The molecular formula is C20H21N3O5. The molecule has 0 heterocycles. The summed E-state index contributed by atoms with van der Waals surface area (Å²) in [7, 11) is 1.23. The number of carbonyl (C=O) groups excluding carboxylic acids is 2. The van der Waals surface area contributed by atoms with Crippen LogP contribution in [0.25, 0.3) is 0 Å². The van der Waals surface area contributed by atoms with E-state index in [0.29, 0.717) is 5.69 Å². The monoisotopic (exact) mass is 383 g/mol. The zero-order chi connectivity index (χ0) is 20.3. The Morgan fingerprint density at radius 3 is 2.43 bits per heavy atom. The van der Waals surface area contributed by atoms with E-state index in [2.05, 4.69) is 10.6 Å². The van der Waals surface area contributed by atoms with Gasteiger partial charge in [-0.3, -0.25) is 14.9 Å². The Labute approximate surface area is 162 Å². The standard InChI is InChI=1S/C20H21N3O5/c1-12(13-5-7-15(8-6-13)22-19(24)14-3-4-14)21-18-10-9-16(23(26)27)11-17(18)20(25)28-2/h5-12,14,21H,3-4H2,1-2H3,(H,22,24). The van der Waals surface area contributed by atoms with Gasteiger partial charge in [0.2, 0.25) is 5.91 Å². The molecule has 1 atom stereocenters. The molecule has 1 fully saturated rings. The summed E-state index contributed by atoms with van der Waals surface area (Å²) in [5.74, 6) is -0.469. The van der Waals surface area contributed by atoms with Crippen LogP contribution in [0.5, 0.6) is 0 Å². The summed E-state index contributed by atoms with van der Waals surface area (Å²) >= 11 is 0. The van der Waals surface area contributed by atoms with Crippen molar-refractivity contribution < 1.29 is 19.2 Å². The molecule has 146 valence electrons. The molecule has 2 aromatic carbocycles. The smallest absolute Gasteiger partial charge is 0.340 e. The van der Waals surface area contributed by atoms with Gasteiger partial charge in [-0.05, 0) is 43.5 Å². The van der Waals surface area contributed by atoms with Crippen molar-refractivity contribution in [3.8, 4) is 0 Å². The molecule has 0 radical (unpaired) electrons. The molecule has 0 aromatic heterocycles. The number of benzene rings is 2. The Morgan fingerprint density at radius 1 is 1.18 bits per heavy atom. The second-order valence-corrected chi connectivity index (χ2v) is 6.73. The quantitative estimate of drug-likeness (QED) is 0.426. The molecule has 2 aromatic rings. The lowest BCUT2D eigenvalue weighted by atomic mass is 10.1. The molecular weight excluding hydrogens is 362 g/mol. The predicted octanol–water partition coefficient (Wildman–Crippen LogP) is 3.90. The predicted molar refractivity (Wildman–Crippen MR) is 104 cm³/mol. The van der Waals surface area contributed by atoms with E-state index in [1.165, 1.54) is 25.3 Å². The van der Waals surface area contributed by atoms with Crippen LogP contribution in [0.4, 0.5) is 17.1 Å². The number of non-ortho nitro benzene ring substituents is 1. The number of esters is 1. The Balaban J connectivity index is 1.74. The number of nitro groups is 1. The second kappa shape index (κ2) is 8.08. The topological polar surface area (TPSA) is 111 Å². The number of methoxy groups -OCH3 is 1. The highest BCUT2D eigenvalue weighted by atomic mass is 16.6. The zero-order valence-corrected chi connectivity index (χ0v) is 15.6. The highest BCUT2D eigenvalue weighted by Crippen LogP contribution is 2.31. The van der Waals surface area contributed by atoms with Crippen molar-refractivity contribution in [1.82, 2.24) is 0 Å². The van der Waals surface area contributed by atoms with Gasteiger partial charge in [0.15, 0.2) is 0 Å². The average Bonchev–Trinajstić information content (AvgIpc) is 3.53. The Bertz CT molecular complexity index is 907. The Hall–Kier alpha value is -3.42. The van der Waals surface area contributed by atoms with Crippen LogP contribution in [0.3, 0.4) is 0 Å². The molecule has 1 aliphatic carbocycles. The molecule has 3 rings (SSSR count). The molecule has 28 heavy (non-hydrogen) atoms. The Morgan fingerprint density at radius 2 is 1.86 bits per heavy atom. The molecule has 0 spiro atoms. The molecule has 1 aliphatic rings. The van der Waals surface area contributed by atoms with E-state index in [1.54, 1.807) is 0 Å². The average molecular weight is 383 g/mol. The van der Waals surface area contributed by atoms with Crippen molar-refractivity contribution in [3.63, 3.8) is 0 Å². The van der Waals surface area contributed by atoms with Gasteiger partial charge in [0, 0.05) is 35.5 Å². The van der Waals surface area contributed by atoms with Crippen LogP contribution < -0.4 is 10.6 Å². The van der Waals surface area contributed by atoms with Gasteiger partial charge in [-0.1, -0.05) is 12.1 Å². The summed E-state index contributed by atoms with van der Waals surface area (Å²) < 4.78 is 4.73. The Kier molecular flexibility index (Phi) is 5.58. The summed E-state index contributed by atoms with van der Waals surface area (Å²) in [4.78, 5) is 34.2. The van der Waals surface area contributed by atoms with E-state index in [-0.39, 0.29) is 29.1 Å². The summed E-state index contributed by atoms with van der Waals surface area (Å²) in [6.45, 7) is 1.90. The van der Waals surface area contributed by atoms with Gasteiger partial charge < -0.3 is 15.4 Å². The SMILES string of the molecule is COC(=O)c1cc([N+](=O)[O-])ccc1NC(C)c1ccc(NC(=O)C2CC2)cc1. The lowest BCUT2D eigenvalue weighted by Gasteiger charge is -2.18.